The molecular weight excluding hydrogens is 254 g/mol. The van der Waals surface area contributed by atoms with Gasteiger partial charge in [-0.15, -0.1) is 0 Å². The van der Waals surface area contributed by atoms with Gasteiger partial charge in [0.2, 0.25) is 0 Å². The summed E-state index contributed by atoms with van der Waals surface area (Å²) in [7, 11) is 1.70. The van der Waals surface area contributed by atoms with E-state index in [1.807, 2.05) is 25.1 Å². The van der Waals surface area contributed by atoms with Crippen LogP contribution in [0.25, 0.3) is 5.70 Å². The number of rotatable bonds is 3. The van der Waals surface area contributed by atoms with Gasteiger partial charge in [0.15, 0.2) is 12.1 Å². The zero-order valence-corrected chi connectivity index (χ0v) is 11.4. The number of methoxy groups -OCH3 is 1. The number of aliphatic imine (C=N–C) groups is 2. The van der Waals surface area contributed by atoms with E-state index in [-0.39, 0.29) is 12.3 Å². The number of guanidine groups is 1. The Morgan fingerprint density at radius 2 is 2.25 bits per heavy atom. The maximum atomic E-state index is 5.82. The summed E-state index contributed by atoms with van der Waals surface area (Å²) >= 11 is 0. The van der Waals surface area contributed by atoms with E-state index in [0.717, 1.165) is 22.5 Å². The van der Waals surface area contributed by atoms with Crippen molar-refractivity contribution in [1.82, 2.24) is 10.6 Å². The molecule has 2 atom stereocenters. The van der Waals surface area contributed by atoms with Crippen molar-refractivity contribution in [2.75, 3.05) is 7.11 Å². The van der Waals surface area contributed by atoms with Crippen molar-refractivity contribution in [3.63, 3.8) is 0 Å². The first-order valence-electron chi connectivity index (χ1n) is 6.45. The molecule has 104 valence electrons. The fourth-order valence-electron chi connectivity index (χ4n) is 2.30. The number of ether oxygens (including phenoxy) is 1. The molecule has 6 nitrogen and oxygen atoms in total. The third kappa shape index (κ3) is 2.14. The van der Waals surface area contributed by atoms with Gasteiger partial charge in [-0.3, -0.25) is 0 Å². The van der Waals surface area contributed by atoms with Crippen molar-refractivity contribution in [3.05, 3.63) is 41.1 Å². The van der Waals surface area contributed by atoms with E-state index in [1.54, 1.807) is 13.4 Å². The van der Waals surface area contributed by atoms with Crippen LogP contribution in [-0.4, -0.2) is 25.6 Å². The number of hydrogen-bond acceptors (Lipinski definition) is 6. The van der Waals surface area contributed by atoms with Crippen LogP contribution in [0.2, 0.25) is 0 Å². The average Bonchev–Trinajstić information content (AvgIpc) is 2.93. The lowest BCUT2D eigenvalue weighted by Crippen LogP contribution is -2.38. The SMILES string of the molecule is CO[C@@H](C)c1cccc(C2=C3NC=NC3N=C(N)N2)c1. The standard InChI is InChI=1S/C14H17N5O/c1-8(20-2)9-4-3-5-10(6-9)11-12-13(17-7-16-12)19-14(15)18-11/h3-8,13H,1-2H3,(H,16,17)(H3,15,18,19)/t8-,13?/m0/s1. The minimum absolute atomic E-state index is 0.0405. The molecule has 1 unspecified atom stereocenters. The van der Waals surface area contributed by atoms with Crippen LogP contribution in [0.15, 0.2) is 39.9 Å². The molecule has 6 heteroatoms. The molecule has 0 aliphatic carbocycles. The predicted molar refractivity (Wildman–Crippen MR) is 79.0 cm³/mol. The Labute approximate surface area is 117 Å². The summed E-state index contributed by atoms with van der Waals surface area (Å²) in [5.74, 6) is 0.375. The van der Waals surface area contributed by atoms with Gasteiger partial charge in [0.1, 0.15) is 0 Å². The van der Waals surface area contributed by atoms with Crippen LogP contribution in [-0.2, 0) is 4.74 Å². The second kappa shape index (κ2) is 4.97. The van der Waals surface area contributed by atoms with E-state index in [2.05, 4.69) is 26.7 Å². The van der Waals surface area contributed by atoms with E-state index >= 15 is 0 Å². The molecule has 2 aliphatic rings. The molecule has 2 aliphatic heterocycles. The highest BCUT2D eigenvalue weighted by Crippen LogP contribution is 2.26. The maximum Gasteiger partial charge on any atom is 0.195 e. The number of hydrogen-bond donors (Lipinski definition) is 3. The molecule has 3 rings (SSSR count). The van der Waals surface area contributed by atoms with Gasteiger partial charge in [-0.2, -0.15) is 0 Å². The van der Waals surface area contributed by atoms with Crippen LogP contribution in [0, 0.1) is 0 Å². The number of benzene rings is 1. The van der Waals surface area contributed by atoms with Crippen LogP contribution in [0.5, 0.6) is 0 Å². The highest BCUT2D eigenvalue weighted by Gasteiger charge is 2.26. The van der Waals surface area contributed by atoms with Gasteiger partial charge in [0, 0.05) is 12.7 Å². The second-order valence-electron chi connectivity index (χ2n) is 4.73. The molecule has 0 aromatic heterocycles. The first-order chi connectivity index (χ1) is 9.69. The fourth-order valence-corrected chi connectivity index (χ4v) is 2.30. The van der Waals surface area contributed by atoms with E-state index < -0.39 is 0 Å². The van der Waals surface area contributed by atoms with E-state index in [1.165, 1.54) is 0 Å². The number of fused-ring (bicyclic) bond motifs is 1. The third-order valence-corrected chi connectivity index (χ3v) is 3.48. The van der Waals surface area contributed by atoms with Crippen LogP contribution in [0.4, 0.5) is 0 Å². The number of nitrogens with zero attached hydrogens (tertiary/aromatic N) is 2. The molecule has 0 amide bonds. The smallest absolute Gasteiger partial charge is 0.195 e. The molecule has 0 spiro atoms. The van der Waals surface area contributed by atoms with Crippen LogP contribution in [0.3, 0.4) is 0 Å². The van der Waals surface area contributed by atoms with Gasteiger partial charge in [0.25, 0.3) is 0 Å². The van der Waals surface area contributed by atoms with Gasteiger partial charge < -0.3 is 21.1 Å². The van der Waals surface area contributed by atoms with Crippen LogP contribution >= 0.6 is 0 Å². The van der Waals surface area contributed by atoms with Gasteiger partial charge in [-0.05, 0) is 18.6 Å². The molecule has 0 radical (unpaired) electrons. The Hall–Kier alpha value is -2.34. The monoisotopic (exact) mass is 271 g/mol. The van der Waals surface area contributed by atoms with Crippen molar-refractivity contribution >= 4 is 18.0 Å². The topological polar surface area (TPSA) is 84.0 Å². The number of nitrogens with one attached hydrogen (secondary N) is 2. The predicted octanol–water partition coefficient (Wildman–Crippen LogP) is 0.938. The summed E-state index contributed by atoms with van der Waals surface area (Å²) in [6.07, 6.45) is 1.42. The summed E-state index contributed by atoms with van der Waals surface area (Å²) in [5.41, 5.74) is 9.78. The summed E-state index contributed by atoms with van der Waals surface area (Å²) in [6, 6.07) is 8.15. The summed E-state index contributed by atoms with van der Waals surface area (Å²) in [5, 5.41) is 6.23. The maximum absolute atomic E-state index is 5.82. The molecule has 2 heterocycles. The van der Waals surface area contributed by atoms with Gasteiger partial charge in [-0.25, -0.2) is 9.98 Å². The van der Waals surface area contributed by atoms with Crippen molar-refractivity contribution in [3.8, 4) is 0 Å². The van der Waals surface area contributed by atoms with Crippen molar-refractivity contribution in [2.24, 2.45) is 15.7 Å². The molecular formula is C14H17N5O. The zero-order chi connectivity index (χ0) is 14.1. The van der Waals surface area contributed by atoms with E-state index in [4.69, 9.17) is 10.5 Å². The Bertz CT molecular complexity index is 620. The van der Waals surface area contributed by atoms with Crippen molar-refractivity contribution in [1.29, 1.82) is 0 Å². The van der Waals surface area contributed by atoms with E-state index in [9.17, 15) is 0 Å². The first kappa shape index (κ1) is 12.7. The second-order valence-corrected chi connectivity index (χ2v) is 4.73. The molecule has 1 aromatic carbocycles. The lowest BCUT2D eigenvalue weighted by atomic mass is 10.0. The largest absolute Gasteiger partial charge is 0.377 e. The van der Waals surface area contributed by atoms with Gasteiger partial charge in [0.05, 0.1) is 23.8 Å². The Morgan fingerprint density at radius 3 is 3.05 bits per heavy atom. The molecule has 0 saturated heterocycles. The molecule has 0 bridgehead atoms. The van der Waals surface area contributed by atoms with Crippen molar-refractivity contribution in [2.45, 2.75) is 19.2 Å². The van der Waals surface area contributed by atoms with Crippen LogP contribution < -0.4 is 16.4 Å². The zero-order valence-electron chi connectivity index (χ0n) is 11.4. The first-order valence-corrected chi connectivity index (χ1v) is 6.45. The lowest BCUT2D eigenvalue weighted by Gasteiger charge is -2.22. The quantitative estimate of drug-likeness (QED) is 0.764. The molecule has 0 fully saturated rings. The molecule has 1 aromatic rings. The normalized spacial score (nSPS) is 21.9. The highest BCUT2D eigenvalue weighted by atomic mass is 16.5. The van der Waals surface area contributed by atoms with Gasteiger partial charge >= 0.3 is 0 Å². The minimum Gasteiger partial charge on any atom is -0.377 e. The summed E-state index contributed by atoms with van der Waals surface area (Å²) in [6.45, 7) is 2.01. The fraction of sp³-hybridized carbons (Fsp3) is 0.286. The average molecular weight is 271 g/mol. The minimum atomic E-state index is -0.269. The molecule has 0 saturated carbocycles. The Kier molecular flexibility index (Phi) is 3.15. The molecule has 4 N–H and O–H groups in total. The lowest BCUT2D eigenvalue weighted by molar-refractivity contribution is 0.119. The Morgan fingerprint density at radius 1 is 1.40 bits per heavy atom. The highest BCUT2D eigenvalue weighted by molar-refractivity contribution is 5.93. The summed E-state index contributed by atoms with van der Waals surface area (Å²) < 4.78 is 5.36. The summed E-state index contributed by atoms with van der Waals surface area (Å²) in [4.78, 5) is 8.47. The third-order valence-electron chi connectivity index (χ3n) is 3.48. The number of nitrogens with two attached hydrogens (primary N) is 1. The van der Waals surface area contributed by atoms with Gasteiger partial charge in [-0.1, -0.05) is 18.2 Å². The molecule has 20 heavy (non-hydrogen) atoms. The van der Waals surface area contributed by atoms with E-state index in [0.29, 0.717) is 5.96 Å². The van der Waals surface area contributed by atoms with Crippen LogP contribution in [0.1, 0.15) is 24.2 Å². The van der Waals surface area contributed by atoms with Crippen molar-refractivity contribution < 1.29 is 4.74 Å². The Balaban J connectivity index is 2.00.